The Hall–Kier alpha value is -1.76. The third-order valence-corrected chi connectivity index (χ3v) is 1.99. The molecule has 2 heterocycles. The van der Waals surface area contributed by atoms with Crippen molar-refractivity contribution in [3.8, 4) is 0 Å². The summed E-state index contributed by atoms with van der Waals surface area (Å²) in [5.41, 5.74) is 7.03. The van der Waals surface area contributed by atoms with E-state index in [1.165, 1.54) is 6.33 Å². The van der Waals surface area contributed by atoms with Gasteiger partial charge in [-0.2, -0.15) is 0 Å². The molecule has 0 aliphatic rings. The second-order valence-corrected chi connectivity index (χ2v) is 3.47. The SMILES string of the molecule is CC(N)CNc1ncnc2nnn(C)c12. The van der Waals surface area contributed by atoms with E-state index in [9.17, 15) is 0 Å². The fourth-order valence-corrected chi connectivity index (χ4v) is 1.28. The molecule has 15 heavy (non-hydrogen) atoms. The van der Waals surface area contributed by atoms with Gasteiger partial charge in [-0.1, -0.05) is 5.21 Å². The van der Waals surface area contributed by atoms with Crippen molar-refractivity contribution in [3.63, 3.8) is 0 Å². The van der Waals surface area contributed by atoms with Crippen molar-refractivity contribution in [2.75, 3.05) is 11.9 Å². The molecular formula is C8H13N7. The van der Waals surface area contributed by atoms with Crippen LogP contribution in [-0.4, -0.2) is 37.5 Å². The van der Waals surface area contributed by atoms with Crippen LogP contribution in [0, 0.1) is 0 Å². The van der Waals surface area contributed by atoms with Gasteiger partial charge in [-0.05, 0) is 6.92 Å². The summed E-state index contributed by atoms with van der Waals surface area (Å²) in [6.07, 6.45) is 1.46. The number of hydrogen-bond donors (Lipinski definition) is 2. The van der Waals surface area contributed by atoms with Crippen LogP contribution in [0.1, 0.15) is 6.92 Å². The van der Waals surface area contributed by atoms with Crippen LogP contribution in [0.2, 0.25) is 0 Å². The van der Waals surface area contributed by atoms with Crippen molar-refractivity contribution in [1.82, 2.24) is 25.0 Å². The van der Waals surface area contributed by atoms with E-state index in [2.05, 4.69) is 25.6 Å². The molecule has 7 heteroatoms. The lowest BCUT2D eigenvalue weighted by Crippen LogP contribution is -2.25. The van der Waals surface area contributed by atoms with E-state index in [1.54, 1.807) is 11.7 Å². The van der Waals surface area contributed by atoms with Crippen LogP contribution in [-0.2, 0) is 7.05 Å². The molecule has 0 bridgehead atoms. The number of nitrogens with zero attached hydrogens (tertiary/aromatic N) is 5. The molecule has 0 spiro atoms. The fourth-order valence-electron chi connectivity index (χ4n) is 1.28. The average Bonchev–Trinajstić information content (AvgIpc) is 2.58. The van der Waals surface area contributed by atoms with E-state index in [1.807, 2.05) is 6.92 Å². The van der Waals surface area contributed by atoms with E-state index in [0.29, 0.717) is 18.0 Å². The quantitative estimate of drug-likeness (QED) is 0.705. The molecule has 80 valence electrons. The Balaban J connectivity index is 2.37. The molecule has 0 saturated heterocycles. The standard InChI is InChI=1S/C8H13N7/c1-5(9)3-10-7-6-8(12-4-11-7)13-14-15(6)2/h4-5H,3,9H2,1-2H3,(H,10,11,12). The first-order chi connectivity index (χ1) is 7.18. The lowest BCUT2D eigenvalue weighted by atomic mass is 10.3. The smallest absolute Gasteiger partial charge is 0.207 e. The summed E-state index contributed by atoms with van der Waals surface area (Å²) in [5.74, 6) is 0.713. The summed E-state index contributed by atoms with van der Waals surface area (Å²) in [7, 11) is 1.80. The normalized spacial score (nSPS) is 13.0. The van der Waals surface area contributed by atoms with Crippen molar-refractivity contribution >= 4 is 17.0 Å². The lowest BCUT2D eigenvalue weighted by Gasteiger charge is -2.08. The Morgan fingerprint density at radius 1 is 1.53 bits per heavy atom. The van der Waals surface area contributed by atoms with Crippen molar-refractivity contribution in [2.45, 2.75) is 13.0 Å². The minimum atomic E-state index is 0.0659. The van der Waals surface area contributed by atoms with Crippen molar-refractivity contribution in [2.24, 2.45) is 12.8 Å². The third kappa shape index (κ3) is 1.86. The third-order valence-electron chi connectivity index (χ3n) is 1.99. The maximum atomic E-state index is 5.65. The van der Waals surface area contributed by atoms with Crippen LogP contribution in [0.15, 0.2) is 6.33 Å². The van der Waals surface area contributed by atoms with Crippen molar-refractivity contribution in [1.29, 1.82) is 0 Å². The lowest BCUT2D eigenvalue weighted by molar-refractivity contribution is 0.734. The first kappa shape index (κ1) is 9.78. The number of fused-ring (bicyclic) bond motifs is 1. The van der Waals surface area contributed by atoms with Gasteiger partial charge < -0.3 is 11.1 Å². The summed E-state index contributed by atoms with van der Waals surface area (Å²) < 4.78 is 1.64. The molecule has 7 nitrogen and oxygen atoms in total. The van der Waals surface area contributed by atoms with Crippen LogP contribution in [0.25, 0.3) is 11.2 Å². The highest BCUT2D eigenvalue weighted by molar-refractivity contribution is 5.81. The number of aromatic nitrogens is 5. The van der Waals surface area contributed by atoms with Gasteiger partial charge in [0.2, 0.25) is 5.65 Å². The van der Waals surface area contributed by atoms with Crippen LogP contribution >= 0.6 is 0 Å². The Kier molecular flexibility index (Phi) is 2.46. The summed E-state index contributed by atoms with van der Waals surface area (Å²) in [4.78, 5) is 8.15. The first-order valence-electron chi connectivity index (χ1n) is 4.68. The van der Waals surface area contributed by atoms with Gasteiger partial charge in [-0.15, -0.1) is 5.10 Å². The maximum Gasteiger partial charge on any atom is 0.207 e. The minimum absolute atomic E-state index is 0.0659. The summed E-state index contributed by atoms with van der Waals surface area (Å²) in [6, 6.07) is 0.0659. The van der Waals surface area contributed by atoms with Gasteiger partial charge >= 0.3 is 0 Å². The van der Waals surface area contributed by atoms with Crippen molar-refractivity contribution < 1.29 is 0 Å². The van der Waals surface area contributed by atoms with E-state index in [0.717, 1.165) is 5.52 Å². The molecule has 2 aromatic heterocycles. The zero-order chi connectivity index (χ0) is 10.8. The molecule has 0 amide bonds. The summed E-state index contributed by atoms with van der Waals surface area (Å²) in [6.45, 7) is 2.57. The van der Waals surface area contributed by atoms with Gasteiger partial charge in [-0.25, -0.2) is 14.6 Å². The van der Waals surface area contributed by atoms with E-state index in [-0.39, 0.29) is 6.04 Å². The highest BCUT2D eigenvalue weighted by Gasteiger charge is 2.09. The monoisotopic (exact) mass is 207 g/mol. The Bertz CT molecular complexity index is 461. The van der Waals surface area contributed by atoms with Gasteiger partial charge in [0.15, 0.2) is 5.82 Å². The van der Waals surface area contributed by atoms with Gasteiger partial charge in [0.1, 0.15) is 11.8 Å². The second kappa shape index (κ2) is 3.77. The van der Waals surface area contributed by atoms with E-state index in [4.69, 9.17) is 5.73 Å². The predicted molar refractivity (Wildman–Crippen MR) is 56.2 cm³/mol. The number of nitrogens with one attached hydrogen (secondary N) is 1. The molecule has 0 saturated carbocycles. The topological polar surface area (TPSA) is 94.5 Å². The molecule has 0 radical (unpaired) electrons. The number of rotatable bonds is 3. The largest absolute Gasteiger partial charge is 0.367 e. The highest BCUT2D eigenvalue weighted by atomic mass is 15.4. The molecule has 0 aliphatic carbocycles. The highest BCUT2D eigenvalue weighted by Crippen LogP contribution is 2.15. The number of anilines is 1. The predicted octanol–water partition coefficient (Wildman–Crippen LogP) is -0.483. The van der Waals surface area contributed by atoms with Gasteiger partial charge in [0.25, 0.3) is 0 Å². The van der Waals surface area contributed by atoms with Crippen LogP contribution in [0.5, 0.6) is 0 Å². The van der Waals surface area contributed by atoms with Gasteiger partial charge in [-0.3, -0.25) is 0 Å². The number of hydrogen-bond acceptors (Lipinski definition) is 6. The molecule has 2 rings (SSSR count). The number of nitrogens with two attached hydrogens (primary N) is 1. The Morgan fingerprint density at radius 2 is 2.33 bits per heavy atom. The first-order valence-corrected chi connectivity index (χ1v) is 4.68. The van der Waals surface area contributed by atoms with Crippen LogP contribution in [0.3, 0.4) is 0 Å². The van der Waals surface area contributed by atoms with Gasteiger partial charge in [0, 0.05) is 19.6 Å². The molecule has 2 aromatic rings. The van der Waals surface area contributed by atoms with Crippen LogP contribution in [0.4, 0.5) is 5.82 Å². The summed E-state index contributed by atoms with van der Waals surface area (Å²) in [5, 5.41) is 10.9. The molecule has 0 aromatic carbocycles. The molecule has 1 unspecified atom stereocenters. The molecule has 0 fully saturated rings. The zero-order valence-electron chi connectivity index (χ0n) is 8.68. The Labute approximate surface area is 86.7 Å². The Morgan fingerprint density at radius 3 is 3.07 bits per heavy atom. The summed E-state index contributed by atoms with van der Waals surface area (Å²) >= 11 is 0. The van der Waals surface area contributed by atoms with Crippen LogP contribution < -0.4 is 11.1 Å². The van der Waals surface area contributed by atoms with E-state index < -0.39 is 0 Å². The zero-order valence-corrected chi connectivity index (χ0v) is 8.68. The second-order valence-electron chi connectivity index (χ2n) is 3.47. The minimum Gasteiger partial charge on any atom is -0.367 e. The molecule has 3 N–H and O–H groups in total. The van der Waals surface area contributed by atoms with Crippen molar-refractivity contribution in [3.05, 3.63) is 6.33 Å². The molecular weight excluding hydrogens is 194 g/mol. The van der Waals surface area contributed by atoms with Gasteiger partial charge in [0.05, 0.1) is 0 Å². The molecule has 1 atom stereocenters. The fraction of sp³-hybridized carbons (Fsp3) is 0.500. The average molecular weight is 207 g/mol. The number of aryl methyl sites for hydroxylation is 1. The van der Waals surface area contributed by atoms with E-state index >= 15 is 0 Å². The maximum absolute atomic E-state index is 5.65. The molecule has 0 aliphatic heterocycles.